The molecule has 0 amide bonds. The third-order valence-electron chi connectivity index (χ3n) is 3.05. The van der Waals surface area contributed by atoms with Crippen molar-refractivity contribution in [1.82, 2.24) is 15.0 Å². The van der Waals surface area contributed by atoms with Crippen molar-refractivity contribution in [2.75, 3.05) is 0 Å². The summed E-state index contributed by atoms with van der Waals surface area (Å²) in [6.45, 7) is 0. The number of halogens is 1. The van der Waals surface area contributed by atoms with Gasteiger partial charge in [0.05, 0.1) is 17.1 Å². The maximum absolute atomic E-state index is 12.8. The first-order valence-corrected chi connectivity index (χ1v) is 6.67. The number of fused-ring (bicyclic) bond motifs is 1. The van der Waals surface area contributed by atoms with Crippen molar-refractivity contribution < 1.29 is 4.39 Å². The van der Waals surface area contributed by atoms with Gasteiger partial charge in [0.15, 0.2) is 0 Å². The number of aromatic amines is 1. The highest BCUT2D eigenvalue weighted by Gasteiger charge is 2.00. The molecular weight excluding hydrogens is 281 g/mol. The van der Waals surface area contributed by atoms with E-state index in [2.05, 4.69) is 15.0 Å². The van der Waals surface area contributed by atoms with Crippen LogP contribution >= 0.6 is 0 Å². The van der Waals surface area contributed by atoms with Crippen LogP contribution in [0.1, 0.15) is 11.4 Å². The molecular formula is C17H12FN3O. The molecule has 0 saturated heterocycles. The van der Waals surface area contributed by atoms with Crippen molar-refractivity contribution in [3.8, 4) is 0 Å². The summed E-state index contributed by atoms with van der Waals surface area (Å²) in [5.41, 5.74) is 1.23. The molecule has 4 nitrogen and oxygen atoms in total. The third-order valence-corrected chi connectivity index (χ3v) is 3.05. The van der Waals surface area contributed by atoms with Gasteiger partial charge in [0, 0.05) is 6.20 Å². The van der Waals surface area contributed by atoms with Gasteiger partial charge in [0.2, 0.25) is 0 Å². The van der Waals surface area contributed by atoms with Crippen molar-refractivity contribution >= 4 is 23.1 Å². The lowest BCUT2D eigenvalue weighted by molar-refractivity contribution is 0.628. The molecule has 0 unspecified atom stereocenters. The maximum Gasteiger partial charge on any atom is 0.259 e. The van der Waals surface area contributed by atoms with Crippen LogP contribution in [0.2, 0.25) is 0 Å². The monoisotopic (exact) mass is 293 g/mol. The topological polar surface area (TPSA) is 58.6 Å². The highest BCUT2D eigenvalue weighted by Crippen LogP contribution is 2.06. The number of pyridine rings is 1. The Morgan fingerprint density at radius 2 is 1.82 bits per heavy atom. The molecule has 0 atom stereocenters. The van der Waals surface area contributed by atoms with Crippen LogP contribution in [0.5, 0.6) is 0 Å². The van der Waals surface area contributed by atoms with E-state index in [1.54, 1.807) is 48.8 Å². The zero-order valence-corrected chi connectivity index (χ0v) is 11.5. The summed E-state index contributed by atoms with van der Waals surface area (Å²) in [6, 6.07) is 7.80. The molecule has 5 heteroatoms. The Morgan fingerprint density at radius 1 is 1.05 bits per heavy atom. The number of hydrogen-bond acceptors (Lipinski definition) is 3. The number of nitrogens with one attached hydrogen (secondary N) is 1. The number of allylic oxidation sites excluding steroid dienone is 2. The smallest absolute Gasteiger partial charge is 0.259 e. The zero-order chi connectivity index (χ0) is 15.4. The van der Waals surface area contributed by atoms with E-state index in [-0.39, 0.29) is 11.4 Å². The number of benzene rings is 1. The Morgan fingerprint density at radius 3 is 2.64 bits per heavy atom. The number of nitrogens with zero attached hydrogens (tertiary/aromatic N) is 2. The van der Waals surface area contributed by atoms with E-state index in [1.807, 2.05) is 6.08 Å². The van der Waals surface area contributed by atoms with E-state index in [0.29, 0.717) is 16.7 Å². The van der Waals surface area contributed by atoms with E-state index < -0.39 is 0 Å². The molecule has 0 saturated carbocycles. The highest BCUT2D eigenvalue weighted by molar-refractivity contribution is 5.76. The molecule has 0 aliphatic carbocycles. The number of rotatable bonds is 3. The molecule has 1 aromatic carbocycles. The summed E-state index contributed by atoms with van der Waals surface area (Å²) in [5.74, 6) is 0.188. The van der Waals surface area contributed by atoms with Crippen molar-refractivity contribution in [3.05, 3.63) is 82.4 Å². The van der Waals surface area contributed by atoms with Crippen LogP contribution in [0.4, 0.5) is 4.39 Å². The van der Waals surface area contributed by atoms with Gasteiger partial charge >= 0.3 is 0 Å². The third kappa shape index (κ3) is 3.15. The number of hydrogen-bond donors (Lipinski definition) is 1. The van der Waals surface area contributed by atoms with E-state index in [4.69, 9.17) is 0 Å². The molecule has 1 N–H and O–H groups in total. The van der Waals surface area contributed by atoms with Gasteiger partial charge in [-0.2, -0.15) is 0 Å². The molecule has 22 heavy (non-hydrogen) atoms. The lowest BCUT2D eigenvalue weighted by atomic mass is 10.2. The van der Waals surface area contributed by atoms with Crippen LogP contribution in [0.25, 0.3) is 23.1 Å². The van der Waals surface area contributed by atoms with Gasteiger partial charge in [-0.1, -0.05) is 30.4 Å². The first-order chi connectivity index (χ1) is 10.7. The van der Waals surface area contributed by atoms with Gasteiger partial charge in [-0.25, -0.2) is 9.37 Å². The SMILES string of the molecule is O=c1[nH]c(/C=C/C=C/c2ccc(F)cc2)nc2cnccc12. The van der Waals surface area contributed by atoms with Crippen molar-refractivity contribution in [3.63, 3.8) is 0 Å². The fourth-order valence-corrected chi connectivity index (χ4v) is 1.97. The first-order valence-electron chi connectivity index (χ1n) is 6.67. The fraction of sp³-hybridized carbons (Fsp3) is 0. The minimum atomic E-state index is -0.265. The molecule has 0 radical (unpaired) electrons. The minimum Gasteiger partial charge on any atom is -0.306 e. The van der Waals surface area contributed by atoms with Crippen LogP contribution in [0, 0.1) is 5.82 Å². The largest absolute Gasteiger partial charge is 0.306 e. The van der Waals surface area contributed by atoms with Crippen molar-refractivity contribution in [2.45, 2.75) is 0 Å². The average Bonchev–Trinajstić information content (AvgIpc) is 2.53. The average molecular weight is 293 g/mol. The van der Waals surface area contributed by atoms with Gasteiger partial charge < -0.3 is 4.98 Å². The summed E-state index contributed by atoms with van der Waals surface area (Å²) >= 11 is 0. The lowest BCUT2D eigenvalue weighted by Crippen LogP contribution is -2.09. The number of H-pyrrole nitrogens is 1. The molecule has 0 aliphatic heterocycles. The summed E-state index contributed by atoms with van der Waals surface area (Å²) in [7, 11) is 0. The fourth-order valence-electron chi connectivity index (χ4n) is 1.97. The van der Waals surface area contributed by atoms with Crippen LogP contribution in [-0.2, 0) is 0 Å². The van der Waals surface area contributed by atoms with Gasteiger partial charge in [-0.3, -0.25) is 9.78 Å². The molecule has 3 aromatic rings. The molecule has 0 aliphatic rings. The molecule has 2 aromatic heterocycles. The second-order valence-corrected chi connectivity index (χ2v) is 4.61. The van der Waals surface area contributed by atoms with E-state index >= 15 is 0 Å². The summed E-state index contributed by atoms with van der Waals surface area (Å²) in [4.78, 5) is 22.8. The minimum absolute atomic E-state index is 0.199. The Kier molecular flexibility index (Phi) is 3.87. The molecule has 0 bridgehead atoms. The molecule has 2 heterocycles. The predicted octanol–water partition coefficient (Wildman–Crippen LogP) is 3.18. The number of aromatic nitrogens is 3. The van der Waals surface area contributed by atoms with Gasteiger partial charge in [0.1, 0.15) is 11.6 Å². The Balaban J connectivity index is 1.80. The normalized spacial score (nSPS) is 11.7. The second kappa shape index (κ2) is 6.13. The van der Waals surface area contributed by atoms with Gasteiger partial charge in [-0.15, -0.1) is 0 Å². The molecule has 3 rings (SSSR count). The molecule has 0 spiro atoms. The van der Waals surface area contributed by atoms with Gasteiger partial charge in [-0.05, 0) is 29.8 Å². The summed E-state index contributed by atoms with van der Waals surface area (Å²) in [6.07, 6.45) is 10.2. The highest BCUT2D eigenvalue weighted by atomic mass is 19.1. The van der Waals surface area contributed by atoms with E-state index in [0.717, 1.165) is 5.56 Å². The van der Waals surface area contributed by atoms with Gasteiger partial charge in [0.25, 0.3) is 5.56 Å². The first kappa shape index (κ1) is 13.9. The molecule has 108 valence electrons. The predicted molar refractivity (Wildman–Crippen MR) is 84.6 cm³/mol. The van der Waals surface area contributed by atoms with Crippen molar-refractivity contribution in [1.29, 1.82) is 0 Å². The van der Waals surface area contributed by atoms with Crippen molar-refractivity contribution in [2.24, 2.45) is 0 Å². The lowest BCUT2D eigenvalue weighted by Gasteiger charge is -1.97. The van der Waals surface area contributed by atoms with Crippen LogP contribution in [0.15, 0.2) is 59.7 Å². The standard InChI is InChI=1S/C17H12FN3O/c18-13-7-5-12(6-8-13)3-1-2-4-16-20-15-11-19-10-9-14(15)17(22)21-16/h1-11H,(H,20,21,22)/b3-1+,4-2+. The Bertz CT molecular complexity index is 911. The Hall–Kier alpha value is -3.08. The molecule has 0 fully saturated rings. The van der Waals surface area contributed by atoms with Crippen LogP contribution in [-0.4, -0.2) is 15.0 Å². The van der Waals surface area contributed by atoms with E-state index in [9.17, 15) is 9.18 Å². The van der Waals surface area contributed by atoms with Crippen LogP contribution < -0.4 is 5.56 Å². The Labute approximate surface area is 125 Å². The van der Waals surface area contributed by atoms with E-state index in [1.165, 1.54) is 12.1 Å². The van der Waals surface area contributed by atoms with Crippen LogP contribution in [0.3, 0.4) is 0 Å². The maximum atomic E-state index is 12.8. The zero-order valence-electron chi connectivity index (χ0n) is 11.5. The summed E-state index contributed by atoms with van der Waals surface area (Å²) in [5, 5.41) is 0.508. The second-order valence-electron chi connectivity index (χ2n) is 4.61. The quantitative estimate of drug-likeness (QED) is 0.754. The summed E-state index contributed by atoms with van der Waals surface area (Å²) < 4.78 is 12.8.